The second-order valence-corrected chi connectivity index (χ2v) is 12.3. The first kappa shape index (κ1) is 26.2. The standard InChI is InChI=1S/C27H32N2O5S2/c1-18(2)34-27(31)26-24(30)19(3)25(35-26)21-10-7-11-23(16-21)28-22-12-14-29(15-13-22)36(32,33)17-20-8-5-4-6-9-20/h4-11,16,18,22,28,30H,12-15,17H2,1-3H3. The van der Waals surface area contributed by atoms with Crippen LogP contribution in [0.1, 0.15) is 47.5 Å². The van der Waals surface area contributed by atoms with Gasteiger partial charge in [0.1, 0.15) is 5.75 Å². The number of thiophene rings is 1. The summed E-state index contributed by atoms with van der Waals surface area (Å²) in [6.07, 6.45) is 1.15. The molecule has 0 bridgehead atoms. The van der Waals surface area contributed by atoms with Gasteiger partial charge in [0.25, 0.3) is 0 Å². The molecule has 1 aliphatic heterocycles. The van der Waals surface area contributed by atoms with Gasteiger partial charge in [-0.25, -0.2) is 17.5 Å². The fourth-order valence-electron chi connectivity index (χ4n) is 4.33. The van der Waals surface area contributed by atoms with E-state index in [2.05, 4.69) is 5.32 Å². The summed E-state index contributed by atoms with van der Waals surface area (Å²) in [6, 6.07) is 17.3. The van der Waals surface area contributed by atoms with Gasteiger partial charge in [0.05, 0.1) is 11.9 Å². The van der Waals surface area contributed by atoms with Crippen LogP contribution in [-0.4, -0.2) is 49.0 Å². The van der Waals surface area contributed by atoms with Gasteiger partial charge in [-0.1, -0.05) is 42.5 Å². The summed E-state index contributed by atoms with van der Waals surface area (Å²) in [5.74, 6) is -0.540. The van der Waals surface area contributed by atoms with Crippen molar-refractivity contribution in [2.75, 3.05) is 18.4 Å². The van der Waals surface area contributed by atoms with E-state index < -0.39 is 16.0 Å². The monoisotopic (exact) mass is 528 g/mol. The van der Waals surface area contributed by atoms with Crippen LogP contribution in [0.15, 0.2) is 54.6 Å². The summed E-state index contributed by atoms with van der Waals surface area (Å²) >= 11 is 1.22. The van der Waals surface area contributed by atoms with Gasteiger partial charge >= 0.3 is 5.97 Å². The average Bonchev–Trinajstić information content (AvgIpc) is 3.14. The molecule has 4 rings (SSSR count). The number of aromatic hydroxyl groups is 1. The van der Waals surface area contributed by atoms with E-state index >= 15 is 0 Å². The number of nitrogens with one attached hydrogen (secondary N) is 1. The summed E-state index contributed by atoms with van der Waals surface area (Å²) in [7, 11) is -3.35. The summed E-state index contributed by atoms with van der Waals surface area (Å²) in [6.45, 7) is 6.29. The third-order valence-electron chi connectivity index (χ3n) is 6.18. The van der Waals surface area contributed by atoms with Crippen molar-refractivity contribution < 1.29 is 23.1 Å². The van der Waals surface area contributed by atoms with Crippen molar-refractivity contribution in [3.63, 3.8) is 0 Å². The predicted molar refractivity (Wildman–Crippen MR) is 144 cm³/mol. The van der Waals surface area contributed by atoms with Crippen molar-refractivity contribution in [2.24, 2.45) is 0 Å². The molecule has 0 unspecified atom stereocenters. The Balaban J connectivity index is 1.41. The molecule has 1 saturated heterocycles. The van der Waals surface area contributed by atoms with E-state index in [0.717, 1.165) is 21.7 Å². The third-order valence-corrected chi connectivity index (χ3v) is 9.34. The first-order valence-electron chi connectivity index (χ1n) is 12.1. The molecule has 2 aromatic carbocycles. The minimum atomic E-state index is -3.35. The zero-order valence-electron chi connectivity index (χ0n) is 20.7. The zero-order chi connectivity index (χ0) is 25.9. The molecule has 2 heterocycles. The Morgan fingerprint density at radius 1 is 1.14 bits per heavy atom. The molecule has 0 spiro atoms. The Hall–Kier alpha value is -2.88. The Labute approximate surface area is 216 Å². The molecule has 7 nitrogen and oxygen atoms in total. The van der Waals surface area contributed by atoms with Crippen LogP contribution in [0.25, 0.3) is 10.4 Å². The number of ether oxygens (including phenoxy) is 1. The number of benzene rings is 2. The van der Waals surface area contributed by atoms with Crippen LogP contribution in [0.2, 0.25) is 0 Å². The molecule has 9 heteroatoms. The van der Waals surface area contributed by atoms with Crippen molar-refractivity contribution in [1.29, 1.82) is 0 Å². The van der Waals surface area contributed by atoms with Gasteiger partial charge in [0.15, 0.2) is 4.88 Å². The minimum absolute atomic E-state index is 0.0215. The molecule has 1 aliphatic rings. The Morgan fingerprint density at radius 3 is 2.50 bits per heavy atom. The number of anilines is 1. The molecule has 192 valence electrons. The largest absolute Gasteiger partial charge is 0.506 e. The van der Waals surface area contributed by atoms with Gasteiger partial charge < -0.3 is 15.2 Å². The quantitative estimate of drug-likeness (QED) is 0.380. The number of hydrogen-bond acceptors (Lipinski definition) is 7. The Bertz CT molecular complexity index is 1310. The smallest absolute Gasteiger partial charge is 0.352 e. The molecule has 3 aromatic rings. The molecule has 0 radical (unpaired) electrons. The maximum atomic E-state index is 12.8. The summed E-state index contributed by atoms with van der Waals surface area (Å²) < 4.78 is 32.5. The molecule has 1 fully saturated rings. The van der Waals surface area contributed by atoms with Gasteiger partial charge in [0.2, 0.25) is 10.0 Å². The molecule has 0 saturated carbocycles. The average molecular weight is 529 g/mol. The second kappa shape index (κ2) is 11.0. The molecule has 36 heavy (non-hydrogen) atoms. The molecular formula is C27H32N2O5S2. The predicted octanol–water partition coefficient (Wildman–Crippen LogP) is 5.40. The molecular weight excluding hydrogens is 496 g/mol. The SMILES string of the molecule is Cc1c(-c2cccc(NC3CCN(S(=O)(=O)Cc4ccccc4)CC3)c2)sc(C(=O)OC(C)C)c1O. The first-order valence-corrected chi connectivity index (χ1v) is 14.5. The summed E-state index contributed by atoms with van der Waals surface area (Å²) in [4.78, 5) is 13.4. The van der Waals surface area contributed by atoms with Crippen LogP contribution in [0.5, 0.6) is 5.75 Å². The highest BCUT2D eigenvalue weighted by atomic mass is 32.2. The number of esters is 1. The van der Waals surface area contributed by atoms with Crippen molar-refractivity contribution in [2.45, 2.75) is 51.5 Å². The topological polar surface area (TPSA) is 95.9 Å². The number of rotatable bonds is 8. The van der Waals surface area contributed by atoms with E-state index in [4.69, 9.17) is 4.74 Å². The number of piperidine rings is 1. The highest BCUT2D eigenvalue weighted by Crippen LogP contribution is 2.41. The van der Waals surface area contributed by atoms with Gasteiger partial charge in [-0.05, 0) is 56.9 Å². The number of sulfonamides is 1. The molecule has 0 atom stereocenters. The van der Waals surface area contributed by atoms with E-state index in [1.807, 2.05) is 54.6 Å². The van der Waals surface area contributed by atoms with Crippen LogP contribution < -0.4 is 5.32 Å². The number of carbonyl (C=O) groups excluding carboxylic acids is 1. The molecule has 0 aliphatic carbocycles. The number of nitrogens with zero attached hydrogens (tertiary/aromatic N) is 1. The lowest BCUT2D eigenvalue weighted by molar-refractivity contribution is 0.0381. The zero-order valence-corrected chi connectivity index (χ0v) is 22.4. The second-order valence-electron chi connectivity index (χ2n) is 9.33. The Morgan fingerprint density at radius 2 is 1.83 bits per heavy atom. The van der Waals surface area contributed by atoms with Gasteiger partial charge in [-0.15, -0.1) is 11.3 Å². The molecule has 1 aromatic heterocycles. The van der Waals surface area contributed by atoms with Crippen molar-refractivity contribution >= 4 is 33.0 Å². The third kappa shape index (κ3) is 6.08. The van der Waals surface area contributed by atoms with E-state index in [1.165, 1.54) is 11.3 Å². The first-order chi connectivity index (χ1) is 17.1. The van der Waals surface area contributed by atoms with E-state index in [1.54, 1.807) is 25.1 Å². The fourth-order valence-corrected chi connectivity index (χ4v) is 6.97. The summed E-state index contributed by atoms with van der Waals surface area (Å²) in [5, 5.41) is 14.0. The van der Waals surface area contributed by atoms with Crippen LogP contribution in [0, 0.1) is 6.92 Å². The maximum absolute atomic E-state index is 12.8. The number of hydrogen-bond donors (Lipinski definition) is 2. The van der Waals surface area contributed by atoms with Crippen LogP contribution in [-0.2, 0) is 20.5 Å². The Kier molecular flexibility index (Phi) is 8.02. The fraction of sp³-hybridized carbons (Fsp3) is 0.370. The summed E-state index contributed by atoms with van der Waals surface area (Å²) in [5.41, 5.74) is 3.25. The highest BCUT2D eigenvalue weighted by molar-refractivity contribution is 7.88. The van der Waals surface area contributed by atoms with Crippen LogP contribution in [0.3, 0.4) is 0 Å². The minimum Gasteiger partial charge on any atom is -0.506 e. The lowest BCUT2D eigenvalue weighted by Crippen LogP contribution is -2.42. The van der Waals surface area contributed by atoms with Gasteiger partial charge in [-0.3, -0.25) is 0 Å². The lowest BCUT2D eigenvalue weighted by atomic mass is 10.1. The molecule has 2 N–H and O–H groups in total. The van der Waals surface area contributed by atoms with Crippen LogP contribution in [0.4, 0.5) is 5.69 Å². The highest BCUT2D eigenvalue weighted by Gasteiger charge is 2.28. The number of carbonyl (C=O) groups is 1. The van der Waals surface area contributed by atoms with Crippen molar-refractivity contribution in [3.8, 4) is 16.2 Å². The molecule has 0 amide bonds. The van der Waals surface area contributed by atoms with Crippen molar-refractivity contribution in [3.05, 3.63) is 70.6 Å². The van der Waals surface area contributed by atoms with E-state index in [9.17, 15) is 18.3 Å². The maximum Gasteiger partial charge on any atom is 0.352 e. The van der Waals surface area contributed by atoms with Crippen LogP contribution >= 0.6 is 11.3 Å². The lowest BCUT2D eigenvalue weighted by Gasteiger charge is -2.32. The van der Waals surface area contributed by atoms with E-state index in [-0.39, 0.29) is 28.5 Å². The van der Waals surface area contributed by atoms with Gasteiger partial charge in [0, 0.05) is 35.3 Å². The van der Waals surface area contributed by atoms with E-state index in [0.29, 0.717) is 31.5 Å². The van der Waals surface area contributed by atoms with Crippen molar-refractivity contribution in [1.82, 2.24) is 4.31 Å². The normalized spacial score (nSPS) is 15.2. The van der Waals surface area contributed by atoms with Gasteiger partial charge in [-0.2, -0.15) is 0 Å².